The van der Waals surface area contributed by atoms with Crippen LogP contribution in [0.25, 0.3) is 0 Å². The molecule has 4 heterocycles. The van der Waals surface area contributed by atoms with Crippen LogP contribution in [0, 0.1) is 18.8 Å². The van der Waals surface area contributed by atoms with Crippen molar-refractivity contribution in [1.82, 2.24) is 19.8 Å². The molecule has 3 fully saturated rings. The van der Waals surface area contributed by atoms with E-state index in [1.54, 1.807) is 18.5 Å². The molecular formula is C23H28N6O2. The van der Waals surface area contributed by atoms with Gasteiger partial charge in [0.2, 0.25) is 11.9 Å². The molecule has 1 spiro atoms. The molecule has 8 heteroatoms. The number of hydrogen-bond acceptors (Lipinski definition) is 5. The first-order valence-corrected chi connectivity index (χ1v) is 10.9. The zero-order valence-electron chi connectivity index (χ0n) is 18.0. The Kier molecular flexibility index (Phi) is 4.79. The molecule has 162 valence electrons. The van der Waals surface area contributed by atoms with Crippen LogP contribution in [0.5, 0.6) is 0 Å². The third-order valence-corrected chi connectivity index (χ3v) is 7.46. The maximum Gasteiger partial charge on any atom is 0.321 e. The second-order valence-electron chi connectivity index (χ2n) is 8.90. The quantitative estimate of drug-likeness (QED) is 0.807. The fraction of sp³-hybridized carbons (Fsp3) is 0.478. The summed E-state index contributed by atoms with van der Waals surface area (Å²) in [6.07, 6.45) is 5.07. The van der Waals surface area contributed by atoms with Crippen molar-refractivity contribution in [3.63, 3.8) is 0 Å². The van der Waals surface area contributed by atoms with Gasteiger partial charge in [-0.05, 0) is 37.5 Å². The number of urea groups is 1. The number of hydrogen-bond donors (Lipinski definition) is 1. The number of fused-ring (bicyclic) bond motifs is 2. The number of carbonyl (C=O) groups excluding carboxylic acids is 2. The number of aryl methyl sites for hydroxylation is 1. The fourth-order valence-electron chi connectivity index (χ4n) is 5.64. The first kappa shape index (κ1) is 19.8. The third-order valence-electron chi connectivity index (χ3n) is 7.46. The topological polar surface area (TPSA) is 81.7 Å². The summed E-state index contributed by atoms with van der Waals surface area (Å²) in [5.74, 6) is 1.11. The van der Waals surface area contributed by atoms with E-state index < -0.39 is 0 Å². The number of carbonyl (C=O) groups is 2. The summed E-state index contributed by atoms with van der Waals surface area (Å²) in [6.45, 7) is 4.71. The molecule has 31 heavy (non-hydrogen) atoms. The van der Waals surface area contributed by atoms with Gasteiger partial charge >= 0.3 is 6.03 Å². The Hall–Kier alpha value is -3.16. The first-order valence-electron chi connectivity index (χ1n) is 10.9. The molecule has 3 saturated heterocycles. The van der Waals surface area contributed by atoms with Crippen molar-refractivity contribution in [2.45, 2.75) is 25.3 Å². The standard InChI is InChI=1S/C23H28N6O2/c1-16-6-3-4-7-19(16)26-22(31)28-12-8-23(9-13-28)18-15-29(21-24-10-5-11-25-21)14-17(18)20(30)27(23)2/h3-7,10-11,17-18H,8-9,12-15H2,1-2H3,(H,26,31)/t17-,18+/m0/s1. The molecule has 0 unspecified atom stereocenters. The van der Waals surface area contributed by atoms with Gasteiger partial charge in [0.05, 0.1) is 11.5 Å². The largest absolute Gasteiger partial charge is 0.340 e. The normalized spacial score (nSPS) is 24.6. The van der Waals surface area contributed by atoms with Crippen molar-refractivity contribution in [2.75, 3.05) is 43.4 Å². The highest BCUT2D eigenvalue weighted by atomic mass is 16.2. The first-order chi connectivity index (χ1) is 15.0. The van der Waals surface area contributed by atoms with Crippen molar-refractivity contribution < 1.29 is 9.59 Å². The monoisotopic (exact) mass is 420 g/mol. The number of amides is 3. The second-order valence-corrected chi connectivity index (χ2v) is 8.90. The number of rotatable bonds is 2. The minimum Gasteiger partial charge on any atom is -0.340 e. The fourth-order valence-corrected chi connectivity index (χ4v) is 5.64. The van der Waals surface area contributed by atoms with Gasteiger partial charge < -0.3 is 20.0 Å². The molecule has 2 aromatic rings. The molecule has 1 aromatic heterocycles. The predicted octanol–water partition coefficient (Wildman–Crippen LogP) is 2.38. The summed E-state index contributed by atoms with van der Waals surface area (Å²) in [4.78, 5) is 40.7. The highest BCUT2D eigenvalue weighted by molar-refractivity contribution is 5.90. The Labute approximate surface area is 182 Å². The molecule has 0 bridgehead atoms. The number of anilines is 2. The van der Waals surface area contributed by atoms with Gasteiger partial charge in [0.25, 0.3) is 0 Å². The molecule has 1 aromatic carbocycles. The molecule has 0 saturated carbocycles. The van der Waals surface area contributed by atoms with Gasteiger partial charge in [-0.25, -0.2) is 14.8 Å². The van der Waals surface area contributed by atoms with E-state index >= 15 is 0 Å². The van der Waals surface area contributed by atoms with Gasteiger partial charge in [0.15, 0.2) is 0 Å². The van der Waals surface area contributed by atoms with E-state index in [0.29, 0.717) is 25.6 Å². The van der Waals surface area contributed by atoms with Gasteiger partial charge in [-0.15, -0.1) is 0 Å². The number of nitrogens with zero attached hydrogens (tertiary/aromatic N) is 5. The van der Waals surface area contributed by atoms with E-state index in [9.17, 15) is 9.59 Å². The van der Waals surface area contributed by atoms with Gasteiger partial charge in [0.1, 0.15) is 0 Å². The zero-order valence-corrected chi connectivity index (χ0v) is 18.0. The predicted molar refractivity (Wildman–Crippen MR) is 118 cm³/mol. The lowest BCUT2D eigenvalue weighted by Crippen LogP contribution is -2.57. The number of piperidine rings is 1. The Morgan fingerprint density at radius 3 is 2.52 bits per heavy atom. The minimum atomic E-state index is -0.204. The molecule has 5 rings (SSSR count). The number of aromatic nitrogens is 2. The lowest BCUT2D eigenvalue weighted by molar-refractivity contribution is -0.133. The Morgan fingerprint density at radius 1 is 1.10 bits per heavy atom. The summed E-state index contributed by atoms with van der Waals surface area (Å²) in [7, 11) is 1.94. The zero-order chi connectivity index (χ0) is 21.6. The Balaban J connectivity index is 1.29. The molecule has 8 nitrogen and oxygen atoms in total. The number of nitrogens with one attached hydrogen (secondary N) is 1. The van der Waals surface area contributed by atoms with Gasteiger partial charge in [0, 0.05) is 57.2 Å². The Morgan fingerprint density at radius 2 is 1.81 bits per heavy atom. The van der Waals surface area contributed by atoms with E-state index in [-0.39, 0.29) is 29.3 Å². The van der Waals surface area contributed by atoms with Crippen LogP contribution in [0.2, 0.25) is 0 Å². The summed E-state index contributed by atoms with van der Waals surface area (Å²) in [5.41, 5.74) is 1.68. The summed E-state index contributed by atoms with van der Waals surface area (Å²) < 4.78 is 0. The number of para-hydroxylation sites is 1. The average Bonchev–Trinajstić information content (AvgIpc) is 3.32. The van der Waals surface area contributed by atoms with Crippen molar-refractivity contribution in [1.29, 1.82) is 0 Å². The van der Waals surface area contributed by atoms with Gasteiger partial charge in [-0.1, -0.05) is 18.2 Å². The van der Waals surface area contributed by atoms with E-state index in [1.165, 1.54) is 0 Å². The third kappa shape index (κ3) is 3.21. The van der Waals surface area contributed by atoms with Crippen LogP contribution in [0.15, 0.2) is 42.7 Å². The molecule has 0 aliphatic carbocycles. The van der Waals surface area contributed by atoms with Crippen molar-refractivity contribution >= 4 is 23.6 Å². The smallest absolute Gasteiger partial charge is 0.321 e. The van der Waals surface area contributed by atoms with E-state index in [1.807, 2.05) is 48.0 Å². The lowest BCUT2D eigenvalue weighted by atomic mass is 9.75. The Bertz CT molecular complexity index is 989. The van der Waals surface area contributed by atoms with E-state index in [0.717, 1.165) is 30.6 Å². The minimum absolute atomic E-state index is 0.0267. The van der Waals surface area contributed by atoms with Gasteiger partial charge in [-0.3, -0.25) is 4.79 Å². The van der Waals surface area contributed by atoms with Crippen LogP contribution >= 0.6 is 0 Å². The molecule has 3 amide bonds. The van der Waals surface area contributed by atoms with Crippen LogP contribution in [0.3, 0.4) is 0 Å². The SMILES string of the molecule is Cc1ccccc1NC(=O)N1CCC2(CC1)[C@@H]1CN(c3ncccn3)C[C@@H]1C(=O)N2C. The van der Waals surface area contributed by atoms with Gasteiger partial charge in [-0.2, -0.15) is 0 Å². The van der Waals surface area contributed by atoms with Crippen molar-refractivity contribution in [3.05, 3.63) is 48.3 Å². The lowest BCUT2D eigenvalue weighted by Gasteiger charge is -2.46. The van der Waals surface area contributed by atoms with E-state index in [4.69, 9.17) is 0 Å². The highest BCUT2D eigenvalue weighted by Gasteiger charge is 2.61. The van der Waals surface area contributed by atoms with E-state index in [2.05, 4.69) is 20.2 Å². The molecule has 1 N–H and O–H groups in total. The molecule has 0 radical (unpaired) electrons. The molecular weight excluding hydrogens is 392 g/mol. The molecule has 2 atom stereocenters. The van der Waals surface area contributed by atoms with Crippen LogP contribution < -0.4 is 10.2 Å². The molecule has 3 aliphatic rings. The average molecular weight is 421 g/mol. The van der Waals surface area contributed by atoms with Crippen LogP contribution in [-0.2, 0) is 4.79 Å². The second kappa shape index (κ2) is 7.51. The summed E-state index contributed by atoms with van der Waals surface area (Å²) >= 11 is 0. The van der Waals surface area contributed by atoms with Crippen molar-refractivity contribution in [3.8, 4) is 0 Å². The maximum absolute atomic E-state index is 13.1. The van der Waals surface area contributed by atoms with Crippen LogP contribution in [-0.4, -0.2) is 70.5 Å². The summed E-state index contributed by atoms with van der Waals surface area (Å²) in [6, 6.07) is 9.53. The van der Waals surface area contributed by atoms with Crippen molar-refractivity contribution in [2.24, 2.45) is 11.8 Å². The summed E-state index contributed by atoms with van der Waals surface area (Å²) in [5, 5.41) is 3.04. The highest BCUT2D eigenvalue weighted by Crippen LogP contribution is 2.49. The molecule has 3 aliphatic heterocycles. The van der Waals surface area contributed by atoms with Crippen LogP contribution in [0.4, 0.5) is 16.4 Å². The number of benzene rings is 1. The van der Waals surface area contributed by atoms with Crippen LogP contribution in [0.1, 0.15) is 18.4 Å². The maximum atomic E-state index is 13.1. The number of likely N-dealkylation sites (tertiary alicyclic amines) is 2.